The number of hydrogen-bond donors (Lipinski definition) is 1. The van der Waals surface area contributed by atoms with Crippen LogP contribution in [0.3, 0.4) is 0 Å². The van der Waals surface area contributed by atoms with Crippen LogP contribution in [0.4, 0.5) is 4.39 Å². The van der Waals surface area contributed by atoms with Gasteiger partial charge in [-0.25, -0.2) is 4.39 Å². The van der Waals surface area contributed by atoms with Crippen LogP contribution in [0.5, 0.6) is 0 Å². The van der Waals surface area contributed by atoms with E-state index in [1.165, 1.54) is 12.1 Å². The van der Waals surface area contributed by atoms with Crippen molar-refractivity contribution >= 4 is 21.9 Å². The highest BCUT2D eigenvalue weighted by molar-refractivity contribution is 9.10. The lowest BCUT2D eigenvalue weighted by Gasteiger charge is -2.24. The first-order chi connectivity index (χ1) is 9.54. The third kappa shape index (κ3) is 2.61. The molecular weight excluding hydrogens is 325 g/mol. The summed E-state index contributed by atoms with van der Waals surface area (Å²) in [6, 6.07) is 4.34. The Labute approximate surface area is 125 Å². The molecule has 1 saturated carbocycles. The van der Waals surface area contributed by atoms with E-state index >= 15 is 0 Å². The van der Waals surface area contributed by atoms with Crippen LogP contribution in [0.15, 0.2) is 22.7 Å². The quantitative estimate of drug-likeness (QED) is 0.917. The molecule has 0 bridgehead atoms. The number of carboxylic acid groups (broad SMARTS) is 1. The van der Waals surface area contributed by atoms with Crippen molar-refractivity contribution in [3.05, 3.63) is 34.1 Å². The Morgan fingerprint density at radius 2 is 2.20 bits per heavy atom. The van der Waals surface area contributed by atoms with Gasteiger partial charge in [0.15, 0.2) is 0 Å². The number of aliphatic carboxylic acids is 1. The van der Waals surface area contributed by atoms with Crippen LogP contribution in [0.25, 0.3) is 0 Å². The third-order valence-electron chi connectivity index (χ3n) is 4.55. The van der Waals surface area contributed by atoms with Gasteiger partial charge >= 0.3 is 5.97 Å². The van der Waals surface area contributed by atoms with Crippen molar-refractivity contribution in [3.63, 3.8) is 0 Å². The highest BCUT2D eigenvalue weighted by Crippen LogP contribution is 2.42. The molecule has 1 saturated heterocycles. The van der Waals surface area contributed by atoms with Gasteiger partial charge in [0.2, 0.25) is 0 Å². The highest BCUT2D eigenvalue weighted by atomic mass is 79.9. The number of carboxylic acids is 1. The number of rotatable bonds is 3. The fraction of sp³-hybridized carbons (Fsp3) is 0.533. The minimum Gasteiger partial charge on any atom is -0.480 e. The predicted molar refractivity (Wildman–Crippen MR) is 76.8 cm³/mol. The van der Waals surface area contributed by atoms with E-state index in [1.54, 1.807) is 0 Å². The van der Waals surface area contributed by atoms with E-state index in [9.17, 15) is 14.3 Å². The van der Waals surface area contributed by atoms with Crippen molar-refractivity contribution in [2.45, 2.75) is 31.8 Å². The molecule has 1 N–H and O–H groups in total. The molecule has 5 heteroatoms. The minimum atomic E-state index is -0.741. The summed E-state index contributed by atoms with van der Waals surface area (Å²) in [7, 11) is 0. The topological polar surface area (TPSA) is 40.5 Å². The summed E-state index contributed by atoms with van der Waals surface area (Å²) in [5.41, 5.74) is 0.822. The molecule has 1 aromatic carbocycles. The molecule has 1 heterocycles. The smallest absolute Gasteiger partial charge is 0.321 e. The molecule has 3 nitrogen and oxygen atoms in total. The van der Waals surface area contributed by atoms with Gasteiger partial charge in [0.25, 0.3) is 0 Å². The maximum Gasteiger partial charge on any atom is 0.321 e. The fourth-order valence-electron chi connectivity index (χ4n) is 3.83. The van der Waals surface area contributed by atoms with Crippen LogP contribution in [0.1, 0.15) is 24.8 Å². The van der Waals surface area contributed by atoms with E-state index < -0.39 is 12.0 Å². The van der Waals surface area contributed by atoms with Gasteiger partial charge in [-0.3, -0.25) is 9.69 Å². The molecule has 2 fully saturated rings. The Kier molecular flexibility index (Phi) is 3.82. The summed E-state index contributed by atoms with van der Waals surface area (Å²) >= 11 is 3.28. The van der Waals surface area contributed by atoms with Gasteiger partial charge in [0.05, 0.1) is 0 Å². The molecule has 0 aromatic heterocycles. The van der Waals surface area contributed by atoms with Gasteiger partial charge < -0.3 is 5.11 Å². The van der Waals surface area contributed by atoms with Crippen LogP contribution in [0.2, 0.25) is 0 Å². The zero-order valence-electron chi connectivity index (χ0n) is 11.1. The SMILES string of the molecule is O=C(O)C1C2CCCC2CN1Cc1cc(F)cc(Br)c1. The number of halogens is 2. The Hall–Kier alpha value is -0.940. The molecular formula is C15H17BrFNO2. The predicted octanol–water partition coefficient (Wildman–Crippen LogP) is 3.27. The first kappa shape index (κ1) is 14.0. The number of nitrogens with zero attached hydrogens (tertiary/aromatic N) is 1. The first-order valence-electron chi connectivity index (χ1n) is 6.96. The second kappa shape index (κ2) is 5.45. The minimum absolute atomic E-state index is 0.268. The van der Waals surface area contributed by atoms with Crippen molar-refractivity contribution in [1.82, 2.24) is 4.90 Å². The lowest BCUT2D eigenvalue weighted by molar-refractivity contribution is -0.143. The number of benzene rings is 1. The lowest BCUT2D eigenvalue weighted by atomic mass is 9.94. The molecule has 20 heavy (non-hydrogen) atoms. The first-order valence-corrected chi connectivity index (χ1v) is 7.76. The zero-order valence-corrected chi connectivity index (χ0v) is 12.6. The number of carbonyl (C=O) groups is 1. The highest BCUT2D eigenvalue weighted by Gasteiger charge is 2.47. The Bertz CT molecular complexity index is 516. The summed E-state index contributed by atoms with van der Waals surface area (Å²) in [5, 5.41) is 9.49. The van der Waals surface area contributed by atoms with E-state index in [-0.39, 0.29) is 11.7 Å². The summed E-state index contributed by atoms with van der Waals surface area (Å²) in [5.74, 6) is -0.270. The van der Waals surface area contributed by atoms with Crippen molar-refractivity contribution in [3.8, 4) is 0 Å². The second-order valence-electron chi connectivity index (χ2n) is 5.85. The maximum atomic E-state index is 13.4. The van der Waals surface area contributed by atoms with Crippen molar-refractivity contribution in [2.75, 3.05) is 6.54 Å². The van der Waals surface area contributed by atoms with Gasteiger partial charge in [-0.2, -0.15) is 0 Å². The van der Waals surface area contributed by atoms with Crippen LogP contribution in [0, 0.1) is 17.7 Å². The van der Waals surface area contributed by atoms with Gasteiger partial charge in [-0.1, -0.05) is 22.4 Å². The van der Waals surface area contributed by atoms with Gasteiger partial charge in [-0.05, 0) is 48.4 Å². The second-order valence-corrected chi connectivity index (χ2v) is 6.76. The molecule has 1 aliphatic heterocycles. The van der Waals surface area contributed by atoms with E-state index in [0.29, 0.717) is 16.9 Å². The molecule has 3 rings (SSSR count). The molecule has 0 amide bonds. The average molecular weight is 342 g/mol. The maximum absolute atomic E-state index is 13.4. The Morgan fingerprint density at radius 3 is 2.90 bits per heavy atom. The molecule has 3 unspecified atom stereocenters. The van der Waals surface area contributed by atoms with Gasteiger partial charge in [0.1, 0.15) is 11.9 Å². The molecule has 3 atom stereocenters. The number of likely N-dealkylation sites (tertiary alicyclic amines) is 1. The van der Waals surface area contributed by atoms with Crippen molar-refractivity contribution < 1.29 is 14.3 Å². The van der Waals surface area contributed by atoms with E-state index in [0.717, 1.165) is 31.4 Å². The van der Waals surface area contributed by atoms with Crippen LogP contribution < -0.4 is 0 Å². The lowest BCUT2D eigenvalue weighted by Crippen LogP contribution is -2.39. The van der Waals surface area contributed by atoms with Crippen LogP contribution >= 0.6 is 15.9 Å². The summed E-state index contributed by atoms with van der Waals surface area (Å²) < 4.78 is 14.1. The Morgan fingerprint density at radius 1 is 1.40 bits per heavy atom. The van der Waals surface area contributed by atoms with Crippen molar-refractivity contribution in [2.24, 2.45) is 11.8 Å². The summed E-state index contributed by atoms with van der Waals surface area (Å²) in [4.78, 5) is 13.6. The van der Waals surface area contributed by atoms with Crippen LogP contribution in [-0.4, -0.2) is 28.6 Å². The average Bonchev–Trinajstić information content (AvgIpc) is 2.86. The summed E-state index contributed by atoms with van der Waals surface area (Å²) in [6.45, 7) is 1.32. The van der Waals surface area contributed by atoms with Gasteiger partial charge in [-0.15, -0.1) is 0 Å². The third-order valence-corrected chi connectivity index (χ3v) is 5.00. The van der Waals surface area contributed by atoms with E-state index in [4.69, 9.17) is 0 Å². The molecule has 1 aromatic rings. The zero-order chi connectivity index (χ0) is 14.3. The molecule has 108 valence electrons. The fourth-order valence-corrected chi connectivity index (χ4v) is 4.35. The molecule has 2 aliphatic rings. The molecule has 0 spiro atoms. The number of hydrogen-bond acceptors (Lipinski definition) is 2. The van der Waals surface area contributed by atoms with Crippen LogP contribution in [-0.2, 0) is 11.3 Å². The normalized spacial score (nSPS) is 29.6. The van der Waals surface area contributed by atoms with E-state index in [1.807, 2.05) is 11.0 Å². The monoisotopic (exact) mass is 341 g/mol. The largest absolute Gasteiger partial charge is 0.480 e. The van der Waals surface area contributed by atoms with Crippen molar-refractivity contribution in [1.29, 1.82) is 0 Å². The van der Waals surface area contributed by atoms with E-state index in [2.05, 4.69) is 15.9 Å². The standard InChI is InChI=1S/C15H17BrFNO2/c16-11-4-9(5-12(17)6-11)7-18-8-10-2-1-3-13(10)14(18)15(19)20/h4-6,10,13-14H,1-3,7-8H2,(H,19,20). The van der Waals surface area contributed by atoms with Gasteiger partial charge in [0, 0.05) is 17.6 Å². The molecule has 1 aliphatic carbocycles. The number of fused-ring (bicyclic) bond motifs is 1. The molecule has 0 radical (unpaired) electrons. The summed E-state index contributed by atoms with van der Waals surface area (Å²) in [6.07, 6.45) is 3.27. The Balaban J connectivity index is 1.81.